The molecular formula is C17H18BrN. The zero-order valence-corrected chi connectivity index (χ0v) is 12.5. The van der Waals surface area contributed by atoms with E-state index in [1.165, 1.54) is 16.7 Å². The quantitative estimate of drug-likeness (QED) is 0.894. The molecule has 0 aliphatic heterocycles. The Kier molecular flexibility index (Phi) is 3.46. The Balaban J connectivity index is 1.80. The molecule has 1 unspecified atom stereocenters. The summed E-state index contributed by atoms with van der Waals surface area (Å²) in [7, 11) is 0. The van der Waals surface area contributed by atoms with E-state index >= 15 is 0 Å². The van der Waals surface area contributed by atoms with Crippen LogP contribution in [0.4, 0.5) is 0 Å². The van der Waals surface area contributed by atoms with Gasteiger partial charge in [0.05, 0.1) is 0 Å². The summed E-state index contributed by atoms with van der Waals surface area (Å²) in [6.45, 7) is 0. The summed E-state index contributed by atoms with van der Waals surface area (Å²) in [5.41, 5.74) is 10.8. The van der Waals surface area contributed by atoms with E-state index < -0.39 is 0 Å². The Bertz CT molecular complexity index is 576. The fourth-order valence-electron chi connectivity index (χ4n) is 2.98. The highest BCUT2D eigenvalue weighted by atomic mass is 79.9. The minimum Gasteiger partial charge on any atom is -0.324 e. The van der Waals surface area contributed by atoms with Gasteiger partial charge in [0.2, 0.25) is 0 Å². The minimum atomic E-state index is -0.0951. The molecular weight excluding hydrogens is 298 g/mol. The van der Waals surface area contributed by atoms with Crippen molar-refractivity contribution < 1.29 is 0 Å². The van der Waals surface area contributed by atoms with Gasteiger partial charge in [0.15, 0.2) is 0 Å². The van der Waals surface area contributed by atoms with Crippen molar-refractivity contribution in [2.75, 3.05) is 0 Å². The number of aryl methyl sites for hydroxylation is 1. The average molecular weight is 316 g/mol. The molecule has 2 heteroatoms. The predicted octanol–water partition coefficient (Wildman–Crippen LogP) is 3.88. The molecule has 0 fully saturated rings. The second-order valence-corrected chi connectivity index (χ2v) is 6.53. The molecule has 0 aromatic heterocycles. The molecule has 98 valence electrons. The molecule has 2 N–H and O–H groups in total. The van der Waals surface area contributed by atoms with Crippen molar-refractivity contribution in [3.8, 4) is 0 Å². The summed E-state index contributed by atoms with van der Waals surface area (Å²) in [5, 5.41) is 0. The van der Waals surface area contributed by atoms with Crippen molar-refractivity contribution in [3.05, 3.63) is 69.7 Å². The zero-order chi connectivity index (χ0) is 13.3. The van der Waals surface area contributed by atoms with Gasteiger partial charge in [-0.1, -0.05) is 52.3 Å². The first-order chi connectivity index (χ1) is 9.15. The Labute approximate surface area is 123 Å². The third-order valence-corrected chi connectivity index (χ3v) is 4.55. The van der Waals surface area contributed by atoms with Crippen molar-refractivity contribution in [2.24, 2.45) is 5.73 Å². The second kappa shape index (κ2) is 5.10. The molecule has 0 amide bonds. The third-order valence-electron chi connectivity index (χ3n) is 4.02. The summed E-state index contributed by atoms with van der Waals surface area (Å²) >= 11 is 3.47. The van der Waals surface area contributed by atoms with Crippen molar-refractivity contribution >= 4 is 15.9 Å². The first-order valence-corrected chi connectivity index (χ1v) is 7.54. The van der Waals surface area contributed by atoms with Gasteiger partial charge < -0.3 is 5.73 Å². The van der Waals surface area contributed by atoms with Gasteiger partial charge in [0, 0.05) is 10.0 Å². The SMILES string of the molecule is NC1(Cc2ccc(Br)cc2)CCc2ccccc2C1. The first kappa shape index (κ1) is 12.9. The van der Waals surface area contributed by atoms with Crippen molar-refractivity contribution in [2.45, 2.75) is 31.2 Å². The average Bonchev–Trinajstić information content (AvgIpc) is 2.41. The third kappa shape index (κ3) is 2.90. The van der Waals surface area contributed by atoms with Crippen LogP contribution in [0.15, 0.2) is 53.0 Å². The molecule has 1 nitrogen and oxygen atoms in total. The lowest BCUT2D eigenvalue weighted by molar-refractivity contribution is 0.369. The summed E-state index contributed by atoms with van der Waals surface area (Å²) in [4.78, 5) is 0. The molecule has 1 aliphatic rings. The fraction of sp³-hybridized carbons (Fsp3) is 0.294. The lowest BCUT2D eigenvalue weighted by Gasteiger charge is -2.35. The number of nitrogens with two attached hydrogens (primary N) is 1. The van der Waals surface area contributed by atoms with E-state index in [0.29, 0.717) is 0 Å². The topological polar surface area (TPSA) is 26.0 Å². The van der Waals surface area contributed by atoms with Crippen LogP contribution < -0.4 is 5.73 Å². The summed E-state index contributed by atoms with van der Waals surface area (Å²) in [6.07, 6.45) is 4.11. The van der Waals surface area contributed by atoms with Gasteiger partial charge in [-0.25, -0.2) is 0 Å². The van der Waals surface area contributed by atoms with E-state index in [9.17, 15) is 0 Å². The van der Waals surface area contributed by atoms with Crippen LogP contribution in [0.1, 0.15) is 23.1 Å². The molecule has 0 bridgehead atoms. The normalized spacial score (nSPS) is 22.0. The van der Waals surface area contributed by atoms with E-state index in [0.717, 1.165) is 30.2 Å². The van der Waals surface area contributed by atoms with Crippen LogP contribution in [0.5, 0.6) is 0 Å². The van der Waals surface area contributed by atoms with Gasteiger partial charge in [0.1, 0.15) is 0 Å². The zero-order valence-electron chi connectivity index (χ0n) is 10.9. The number of hydrogen-bond donors (Lipinski definition) is 1. The molecule has 2 aromatic rings. The molecule has 3 rings (SSSR count). The standard InChI is InChI=1S/C17H18BrN/c18-16-7-5-13(6-8-16)11-17(19)10-9-14-3-1-2-4-15(14)12-17/h1-8H,9-12,19H2. The molecule has 0 saturated heterocycles. The maximum Gasteiger partial charge on any atom is 0.0239 e. The van der Waals surface area contributed by atoms with E-state index in [4.69, 9.17) is 5.73 Å². The molecule has 2 aromatic carbocycles. The lowest BCUT2D eigenvalue weighted by atomic mass is 9.75. The Morgan fingerprint density at radius 2 is 1.68 bits per heavy atom. The molecule has 19 heavy (non-hydrogen) atoms. The summed E-state index contributed by atoms with van der Waals surface area (Å²) in [5.74, 6) is 0. The van der Waals surface area contributed by atoms with Crippen LogP contribution >= 0.6 is 15.9 Å². The van der Waals surface area contributed by atoms with Crippen LogP contribution in [0.2, 0.25) is 0 Å². The van der Waals surface area contributed by atoms with Gasteiger partial charge >= 0.3 is 0 Å². The Hall–Kier alpha value is -1.12. The molecule has 0 radical (unpaired) electrons. The maximum atomic E-state index is 6.63. The monoisotopic (exact) mass is 315 g/mol. The molecule has 1 aliphatic carbocycles. The highest BCUT2D eigenvalue weighted by Crippen LogP contribution is 2.29. The predicted molar refractivity (Wildman–Crippen MR) is 83.2 cm³/mol. The molecule has 0 spiro atoms. The molecule has 0 saturated carbocycles. The van der Waals surface area contributed by atoms with Gasteiger partial charge in [-0.05, 0) is 54.5 Å². The van der Waals surface area contributed by atoms with E-state index in [1.807, 2.05) is 0 Å². The van der Waals surface area contributed by atoms with Crippen LogP contribution in [0.3, 0.4) is 0 Å². The van der Waals surface area contributed by atoms with E-state index in [1.54, 1.807) is 0 Å². The molecule has 1 atom stereocenters. The minimum absolute atomic E-state index is 0.0951. The van der Waals surface area contributed by atoms with Gasteiger partial charge in [-0.3, -0.25) is 0 Å². The highest BCUT2D eigenvalue weighted by molar-refractivity contribution is 9.10. The van der Waals surface area contributed by atoms with Crippen molar-refractivity contribution in [3.63, 3.8) is 0 Å². The van der Waals surface area contributed by atoms with Gasteiger partial charge in [-0.2, -0.15) is 0 Å². The number of halogens is 1. The largest absolute Gasteiger partial charge is 0.324 e. The molecule has 0 heterocycles. The van der Waals surface area contributed by atoms with Crippen LogP contribution in [-0.2, 0) is 19.3 Å². The Morgan fingerprint density at radius 1 is 1.00 bits per heavy atom. The summed E-state index contributed by atoms with van der Waals surface area (Å²) < 4.78 is 1.12. The van der Waals surface area contributed by atoms with Gasteiger partial charge in [-0.15, -0.1) is 0 Å². The van der Waals surface area contributed by atoms with Crippen molar-refractivity contribution in [1.29, 1.82) is 0 Å². The lowest BCUT2D eigenvalue weighted by Crippen LogP contribution is -2.47. The number of fused-ring (bicyclic) bond motifs is 1. The van der Waals surface area contributed by atoms with E-state index in [2.05, 4.69) is 64.5 Å². The van der Waals surface area contributed by atoms with E-state index in [-0.39, 0.29) is 5.54 Å². The highest BCUT2D eigenvalue weighted by Gasteiger charge is 2.30. The maximum absolute atomic E-state index is 6.63. The number of rotatable bonds is 2. The second-order valence-electron chi connectivity index (χ2n) is 5.61. The number of hydrogen-bond acceptors (Lipinski definition) is 1. The van der Waals surface area contributed by atoms with Crippen LogP contribution in [0.25, 0.3) is 0 Å². The Morgan fingerprint density at radius 3 is 2.42 bits per heavy atom. The number of benzene rings is 2. The van der Waals surface area contributed by atoms with Crippen LogP contribution in [-0.4, -0.2) is 5.54 Å². The van der Waals surface area contributed by atoms with Crippen molar-refractivity contribution in [1.82, 2.24) is 0 Å². The first-order valence-electron chi connectivity index (χ1n) is 6.75. The van der Waals surface area contributed by atoms with Crippen LogP contribution in [0, 0.1) is 0 Å². The summed E-state index contributed by atoms with van der Waals surface area (Å²) in [6, 6.07) is 17.2. The smallest absolute Gasteiger partial charge is 0.0239 e. The fourth-order valence-corrected chi connectivity index (χ4v) is 3.25. The van der Waals surface area contributed by atoms with Gasteiger partial charge in [0.25, 0.3) is 0 Å².